The van der Waals surface area contributed by atoms with Crippen LogP contribution in [0, 0.1) is 0 Å². The first-order chi connectivity index (χ1) is 16.7. The Bertz CT molecular complexity index is 1160. The maximum absolute atomic E-state index is 12.8. The molecule has 1 fully saturated rings. The van der Waals surface area contributed by atoms with Crippen LogP contribution in [0.3, 0.4) is 0 Å². The summed E-state index contributed by atoms with van der Waals surface area (Å²) in [5.41, 5.74) is 2.47. The lowest BCUT2D eigenvalue weighted by Gasteiger charge is -2.16. The van der Waals surface area contributed by atoms with Gasteiger partial charge in [0.2, 0.25) is 0 Å². The number of hydrogen-bond donors (Lipinski definition) is 0. The maximum Gasteiger partial charge on any atom is 0.326 e. The third kappa shape index (κ3) is 6.99. The van der Waals surface area contributed by atoms with Gasteiger partial charge in [-0.15, -0.1) is 6.58 Å². The van der Waals surface area contributed by atoms with E-state index in [4.69, 9.17) is 14.2 Å². The zero-order chi connectivity index (χ0) is 25.5. The van der Waals surface area contributed by atoms with Gasteiger partial charge in [0.15, 0.2) is 11.5 Å². The molecule has 2 aromatic rings. The zero-order valence-electron chi connectivity index (χ0n) is 19.7. The second kappa shape index (κ2) is 12.1. The Kier molecular flexibility index (Phi) is 9.17. The van der Waals surface area contributed by atoms with Gasteiger partial charge in [0, 0.05) is 10.0 Å². The quantitative estimate of drug-likeness (QED) is 0.208. The number of imide groups is 1. The summed E-state index contributed by atoms with van der Waals surface area (Å²) in [6, 6.07) is 11.4. The van der Waals surface area contributed by atoms with Gasteiger partial charge in [-0.25, -0.2) is 0 Å². The van der Waals surface area contributed by atoms with Gasteiger partial charge in [-0.2, -0.15) is 0 Å². The molecule has 0 aliphatic carbocycles. The van der Waals surface area contributed by atoms with Crippen LogP contribution in [0.25, 0.3) is 6.08 Å². The molecule has 1 saturated heterocycles. The topological polar surface area (TPSA) is 82.1 Å². The molecule has 0 aromatic heterocycles. The zero-order valence-corrected chi connectivity index (χ0v) is 22.1. The lowest BCUT2D eigenvalue weighted by molar-refractivity contribution is -0.149. The molecule has 0 N–H and O–H groups in total. The third-order valence-electron chi connectivity index (χ3n) is 4.86. The van der Waals surface area contributed by atoms with E-state index in [-0.39, 0.29) is 11.0 Å². The molecule has 0 bridgehead atoms. The first-order valence-electron chi connectivity index (χ1n) is 10.9. The second-order valence-electron chi connectivity index (χ2n) is 7.93. The molecule has 184 valence electrons. The highest BCUT2D eigenvalue weighted by atomic mass is 79.9. The standard InChI is InChI=1S/C26H26BrNO6S/c1-5-6-19-11-18(12-21(32-4)24(19)33-15-17-7-9-20(27)10-8-17)13-22-25(30)28(26(31)35-22)14-23(29)34-16(2)3/h5,7-13,16H,1,6,14-15H2,2-4H3/b22-13-. The average molecular weight is 560 g/mol. The van der Waals surface area contributed by atoms with E-state index in [1.54, 1.807) is 32.1 Å². The maximum atomic E-state index is 12.8. The summed E-state index contributed by atoms with van der Waals surface area (Å²) >= 11 is 4.20. The van der Waals surface area contributed by atoms with E-state index in [2.05, 4.69) is 22.5 Å². The fourth-order valence-corrected chi connectivity index (χ4v) is 4.45. The SMILES string of the molecule is C=CCc1cc(/C=C2\SC(=O)N(CC(=O)OC(C)C)C2=O)cc(OC)c1OCc1ccc(Br)cc1. The van der Waals surface area contributed by atoms with E-state index >= 15 is 0 Å². The fourth-order valence-electron chi connectivity index (χ4n) is 3.34. The molecule has 1 aliphatic heterocycles. The predicted molar refractivity (Wildman–Crippen MR) is 139 cm³/mol. The van der Waals surface area contributed by atoms with Crippen molar-refractivity contribution in [2.24, 2.45) is 0 Å². The molecule has 0 atom stereocenters. The van der Waals surface area contributed by atoms with E-state index in [1.807, 2.05) is 30.3 Å². The number of carbonyl (C=O) groups excluding carboxylic acids is 3. The highest BCUT2D eigenvalue weighted by Crippen LogP contribution is 2.37. The molecule has 2 amide bonds. The van der Waals surface area contributed by atoms with Crippen LogP contribution in [0.5, 0.6) is 11.5 Å². The van der Waals surface area contributed by atoms with Crippen molar-refractivity contribution in [1.29, 1.82) is 0 Å². The van der Waals surface area contributed by atoms with Crippen molar-refractivity contribution in [3.05, 3.63) is 75.1 Å². The van der Waals surface area contributed by atoms with Crippen molar-refractivity contribution in [3.63, 3.8) is 0 Å². The van der Waals surface area contributed by atoms with Gasteiger partial charge >= 0.3 is 5.97 Å². The molecule has 0 spiro atoms. The van der Waals surface area contributed by atoms with Crippen LogP contribution in [0.2, 0.25) is 0 Å². The van der Waals surface area contributed by atoms with Gasteiger partial charge in [-0.1, -0.05) is 34.1 Å². The van der Waals surface area contributed by atoms with Gasteiger partial charge in [0.05, 0.1) is 18.1 Å². The van der Waals surface area contributed by atoms with Crippen molar-refractivity contribution < 1.29 is 28.6 Å². The summed E-state index contributed by atoms with van der Waals surface area (Å²) in [5.74, 6) is -0.101. The number of carbonyl (C=O) groups is 3. The van der Waals surface area contributed by atoms with Crippen molar-refractivity contribution in [1.82, 2.24) is 4.90 Å². The Labute approximate surface area is 217 Å². The number of methoxy groups -OCH3 is 1. The molecule has 0 radical (unpaired) electrons. The van der Waals surface area contributed by atoms with Crippen LogP contribution in [0.15, 0.2) is 58.4 Å². The normalized spacial score (nSPS) is 14.5. The summed E-state index contributed by atoms with van der Waals surface area (Å²) in [6.45, 7) is 7.15. The number of allylic oxidation sites excluding steroid dienone is 1. The number of amides is 2. The molecule has 35 heavy (non-hydrogen) atoms. The molecule has 9 heteroatoms. The Morgan fingerprint density at radius 3 is 2.54 bits per heavy atom. The minimum absolute atomic E-state index is 0.211. The number of esters is 1. The van der Waals surface area contributed by atoms with E-state index in [0.717, 1.165) is 32.3 Å². The van der Waals surface area contributed by atoms with Crippen LogP contribution in [-0.2, 0) is 27.4 Å². The number of nitrogens with zero attached hydrogens (tertiary/aromatic N) is 1. The smallest absolute Gasteiger partial charge is 0.326 e. The van der Waals surface area contributed by atoms with Gasteiger partial charge in [0.25, 0.3) is 11.1 Å². The van der Waals surface area contributed by atoms with Gasteiger partial charge in [-0.3, -0.25) is 19.3 Å². The van der Waals surface area contributed by atoms with Crippen LogP contribution in [-0.4, -0.2) is 41.8 Å². The Hall–Kier alpha value is -3.04. The summed E-state index contributed by atoms with van der Waals surface area (Å²) in [4.78, 5) is 38.2. The largest absolute Gasteiger partial charge is 0.493 e. The number of ether oxygens (including phenoxy) is 3. The highest BCUT2D eigenvalue weighted by molar-refractivity contribution is 9.10. The van der Waals surface area contributed by atoms with Crippen molar-refractivity contribution in [2.75, 3.05) is 13.7 Å². The van der Waals surface area contributed by atoms with E-state index in [1.165, 1.54) is 7.11 Å². The monoisotopic (exact) mass is 559 g/mol. The molecule has 3 rings (SSSR count). The Morgan fingerprint density at radius 2 is 1.91 bits per heavy atom. The van der Waals surface area contributed by atoms with Crippen LogP contribution in [0.1, 0.15) is 30.5 Å². The van der Waals surface area contributed by atoms with Crippen molar-refractivity contribution in [3.8, 4) is 11.5 Å². The van der Waals surface area contributed by atoms with Gasteiger partial charge in [0.1, 0.15) is 13.2 Å². The third-order valence-corrected chi connectivity index (χ3v) is 6.30. The number of hydrogen-bond acceptors (Lipinski definition) is 7. The lowest BCUT2D eigenvalue weighted by Crippen LogP contribution is -2.35. The van der Waals surface area contributed by atoms with Crippen LogP contribution >= 0.6 is 27.7 Å². The van der Waals surface area contributed by atoms with Crippen LogP contribution in [0.4, 0.5) is 4.79 Å². The molecule has 0 unspecified atom stereocenters. The van der Waals surface area contributed by atoms with E-state index in [0.29, 0.717) is 30.1 Å². The average Bonchev–Trinajstić information content (AvgIpc) is 3.06. The Balaban J connectivity index is 1.85. The van der Waals surface area contributed by atoms with Crippen molar-refractivity contribution >= 4 is 50.9 Å². The first-order valence-corrected chi connectivity index (χ1v) is 12.5. The molecule has 7 nitrogen and oxygen atoms in total. The lowest BCUT2D eigenvalue weighted by atomic mass is 10.0. The highest BCUT2D eigenvalue weighted by Gasteiger charge is 2.36. The summed E-state index contributed by atoms with van der Waals surface area (Å²) in [6.07, 6.45) is 3.53. The predicted octanol–water partition coefficient (Wildman–Crippen LogP) is 5.75. The molecule has 1 aliphatic rings. The second-order valence-corrected chi connectivity index (χ2v) is 9.83. The first kappa shape index (κ1) is 26.6. The van der Waals surface area contributed by atoms with Gasteiger partial charge in [-0.05, 0) is 73.5 Å². The van der Waals surface area contributed by atoms with Crippen LogP contribution < -0.4 is 9.47 Å². The summed E-state index contributed by atoms with van der Waals surface area (Å²) < 4.78 is 17.7. The molecular formula is C26H26BrNO6S. The number of halogens is 1. The fraction of sp³-hybridized carbons (Fsp3) is 0.269. The molecule has 2 aromatic carbocycles. The number of thioether (sulfide) groups is 1. The van der Waals surface area contributed by atoms with Gasteiger partial charge < -0.3 is 14.2 Å². The molecule has 0 saturated carbocycles. The summed E-state index contributed by atoms with van der Waals surface area (Å²) in [5, 5.41) is -0.519. The van der Waals surface area contributed by atoms with E-state index in [9.17, 15) is 14.4 Å². The number of benzene rings is 2. The minimum atomic E-state index is -0.634. The molecular weight excluding hydrogens is 534 g/mol. The molecule has 1 heterocycles. The van der Waals surface area contributed by atoms with E-state index < -0.39 is 23.7 Å². The minimum Gasteiger partial charge on any atom is -0.493 e. The summed E-state index contributed by atoms with van der Waals surface area (Å²) in [7, 11) is 1.54. The number of rotatable bonds is 10. The Morgan fingerprint density at radius 1 is 1.20 bits per heavy atom. The van der Waals surface area contributed by atoms with Crippen molar-refractivity contribution in [2.45, 2.75) is 33.0 Å².